The number of benzene rings is 3. The van der Waals surface area contributed by atoms with E-state index < -0.39 is 8.32 Å². The summed E-state index contributed by atoms with van der Waals surface area (Å²) < 4.78 is 7.21. The minimum absolute atomic E-state index is 0.0279. The third-order valence-corrected chi connectivity index (χ3v) is 14.4. The summed E-state index contributed by atoms with van der Waals surface area (Å²) in [6.45, 7) is 10.8. The molecule has 0 heterocycles. The number of carbonyl (C=O) groups excluding carboxylic acids is 2. The van der Waals surface area contributed by atoms with Crippen LogP contribution in [0.2, 0.25) is 5.04 Å². The number of thioether (sulfide) groups is 2. The van der Waals surface area contributed by atoms with E-state index in [0.29, 0.717) is 18.8 Å². The number of hydrogen-bond donors (Lipinski definition) is 1. The van der Waals surface area contributed by atoms with E-state index in [0.717, 1.165) is 30.4 Å². The first-order valence-electron chi connectivity index (χ1n) is 14.5. The molecule has 1 amide bonds. The predicted molar refractivity (Wildman–Crippen MR) is 180 cm³/mol. The Hall–Kier alpha value is -2.32. The largest absolute Gasteiger partial charge is 0.405 e. The van der Waals surface area contributed by atoms with Crippen molar-refractivity contribution in [3.05, 3.63) is 96.6 Å². The molecule has 0 aliphatic carbocycles. The molecule has 0 aliphatic rings. The van der Waals surface area contributed by atoms with Crippen molar-refractivity contribution in [2.45, 2.75) is 76.0 Å². The van der Waals surface area contributed by atoms with Gasteiger partial charge in [0, 0.05) is 18.4 Å². The van der Waals surface area contributed by atoms with Crippen LogP contribution in [0.3, 0.4) is 0 Å². The number of nitrogens with one attached hydrogen (secondary N) is 1. The smallest absolute Gasteiger partial charge is 0.261 e. The van der Waals surface area contributed by atoms with Crippen molar-refractivity contribution in [2.24, 2.45) is 0 Å². The zero-order chi connectivity index (χ0) is 29.7. The third kappa shape index (κ3) is 9.60. The second kappa shape index (κ2) is 16.3. The van der Waals surface area contributed by atoms with Gasteiger partial charge in [-0.1, -0.05) is 143 Å². The maximum atomic E-state index is 13.6. The molecule has 3 aromatic carbocycles. The Balaban J connectivity index is 1.91. The van der Waals surface area contributed by atoms with Gasteiger partial charge in [0.1, 0.15) is 0 Å². The van der Waals surface area contributed by atoms with Crippen LogP contribution < -0.4 is 15.7 Å². The molecule has 0 aliphatic heterocycles. The summed E-state index contributed by atoms with van der Waals surface area (Å²) in [6.07, 6.45) is 2.58. The summed E-state index contributed by atoms with van der Waals surface area (Å²) >= 11 is 2.94. The van der Waals surface area contributed by atoms with Gasteiger partial charge in [0.05, 0.1) is 17.9 Å². The molecule has 0 radical (unpaired) electrons. The first kappa shape index (κ1) is 33.2. The molecule has 0 saturated carbocycles. The summed E-state index contributed by atoms with van der Waals surface area (Å²) in [5, 5.41) is 5.17. The lowest BCUT2D eigenvalue weighted by molar-refractivity contribution is -0.121. The van der Waals surface area contributed by atoms with Gasteiger partial charge in [-0.15, -0.1) is 0 Å². The average Bonchev–Trinajstić information content (AvgIpc) is 2.96. The zero-order valence-corrected chi connectivity index (χ0v) is 27.7. The molecule has 2 unspecified atom stereocenters. The standard InChI is InChI=1S/C34H45NO3S2Si/c1-6-7-23-32(40-27(2)36)33(37)35-29(26-39-25-28-17-11-8-12-18-28)24-38-41(34(3,4)5,30-19-13-9-14-20-30)31-21-15-10-16-22-31/h8-22,29,32H,6-7,23-26H2,1-5H3,(H,35,37). The maximum Gasteiger partial charge on any atom is 0.261 e. The van der Waals surface area contributed by atoms with Crippen molar-refractivity contribution in [1.29, 1.82) is 0 Å². The molecular weight excluding hydrogens is 563 g/mol. The van der Waals surface area contributed by atoms with Crippen LogP contribution >= 0.6 is 23.5 Å². The van der Waals surface area contributed by atoms with Crippen molar-refractivity contribution in [3.63, 3.8) is 0 Å². The molecule has 3 rings (SSSR count). The molecule has 0 spiro atoms. The SMILES string of the molecule is CCCCC(SC(C)=O)C(=O)NC(CO[Si](c1ccccc1)(c1ccccc1)C(C)(C)C)CSCc1ccccc1. The van der Waals surface area contributed by atoms with E-state index in [1.165, 1.54) is 22.9 Å². The summed E-state index contributed by atoms with van der Waals surface area (Å²) in [4.78, 5) is 25.5. The predicted octanol–water partition coefficient (Wildman–Crippen LogP) is 6.82. The van der Waals surface area contributed by atoms with Gasteiger partial charge in [0.2, 0.25) is 5.91 Å². The van der Waals surface area contributed by atoms with E-state index in [1.54, 1.807) is 11.8 Å². The van der Waals surface area contributed by atoms with Gasteiger partial charge in [0.25, 0.3) is 8.32 Å². The Morgan fingerprint density at radius 2 is 1.41 bits per heavy atom. The normalized spacial score (nSPS) is 13.4. The first-order chi connectivity index (χ1) is 19.7. The minimum atomic E-state index is -2.76. The lowest BCUT2D eigenvalue weighted by Gasteiger charge is -2.43. The van der Waals surface area contributed by atoms with Crippen molar-refractivity contribution >= 4 is 53.2 Å². The second-order valence-corrected chi connectivity index (χ2v) is 18.1. The van der Waals surface area contributed by atoms with Crippen molar-refractivity contribution < 1.29 is 14.0 Å². The third-order valence-electron chi connectivity index (χ3n) is 7.12. The van der Waals surface area contributed by atoms with Crippen molar-refractivity contribution in [3.8, 4) is 0 Å². The molecule has 2 atom stereocenters. The van der Waals surface area contributed by atoms with Crippen molar-refractivity contribution in [2.75, 3.05) is 12.4 Å². The van der Waals surface area contributed by atoms with Crippen LogP contribution in [0.4, 0.5) is 0 Å². The van der Waals surface area contributed by atoms with Crippen LogP contribution in [-0.2, 0) is 19.8 Å². The van der Waals surface area contributed by atoms with Gasteiger partial charge in [0.15, 0.2) is 5.12 Å². The Bertz CT molecular complexity index is 1160. The molecule has 220 valence electrons. The quantitative estimate of drug-likeness (QED) is 0.192. The highest BCUT2D eigenvalue weighted by Gasteiger charge is 2.50. The Kier molecular flexibility index (Phi) is 13.2. The highest BCUT2D eigenvalue weighted by molar-refractivity contribution is 8.14. The molecule has 0 fully saturated rings. The molecular formula is C34H45NO3S2Si. The minimum Gasteiger partial charge on any atom is -0.405 e. The molecule has 0 bridgehead atoms. The van der Waals surface area contributed by atoms with Crippen LogP contribution in [-0.4, -0.2) is 43.0 Å². The van der Waals surface area contributed by atoms with Gasteiger partial charge in [-0.2, -0.15) is 11.8 Å². The van der Waals surface area contributed by atoms with Gasteiger partial charge in [-0.25, -0.2) is 0 Å². The van der Waals surface area contributed by atoms with E-state index in [9.17, 15) is 9.59 Å². The zero-order valence-electron chi connectivity index (χ0n) is 25.1. The number of hydrogen-bond acceptors (Lipinski definition) is 5. The summed E-state index contributed by atoms with van der Waals surface area (Å²) in [7, 11) is -2.76. The average molecular weight is 608 g/mol. The second-order valence-electron chi connectivity index (χ2n) is 11.4. The van der Waals surface area contributed by atoms with E-state index in [1.807, 2.05) is 18.2 Å². The van der Waals surface area contributed by atoms with E-state index in [-0.39, 0.29) is 27.4 Å². The highest BCUT2D eigenvalue weighted by Crippen LogP contribution is 2.37. The van der Waals surface area contributed by atoms with Gasteiger partial charge in [-0.05, 0) is 27.4 Å². The lowest BCUT2D eigenvalue weighted by Crippen LogP contribution is -2.67. The van der Waals surface area contributed by atoms with Crippen LogP contribution in [0, 0.1) is 0 Å². The lowest BCUT2D eigenvalue weighted by atomic mass is 10.2. The van der Waals surface area contributed by atoms with E-state index >= 15 is 0 Å². The fourth-order valence-electron chi connectivity index (χ4n) is 5.14. The number of amides is 1. The topological polar surface area (TPSA) is 55.4 Å². The monoisotopic (exact) mass is 607 g/mol. The molecule has 0 saturated heterocycles. The molecule has 1 N–H and O–H groups in total. The van der Waals surface area contributed by atoms with Gasteiger partial charge in [-0.3, -0.25) is 9.59 Å². The Morgan fingerprint density at radius 1 is 0.878 bits per heavy atom. The molecule has 4 nitrogen and oxygen atoms in total. The van der Waals surface area contributed by atoms with Gasteiger partial charge >= 0.3 is 0 Å². The number of unbranched alkanes of at least 4 members (excludes halogenated alkanes) is 1. The van der Waals surface area contributed by atoms with Crippen molar-refractivity contribution in [1.82, 2.24) is 5.32 Å². The summed E-state index contributed by atoms with van der Waals surface area (Å²) in [6, 6.07) is 31.4. The molecule has 7 heteroatoms. The fourth-order valence-corrected chi connectivity index (χ4v) is 11.6. The molecule has 0 aromatic heterocycles. The van der Waals surface area contributed by atoms with Gasteiger partial charge < -0.3 is 9.74 Å². The first-order valence-corrected chi connectivity index (χ1v) is 18.5. The number of rotatable bonds is 15. The number of carbonyl (C=O) groups is 2. The fraction of sp³-hybridized carbons (Fsp3) is 0.412. The molecule has 41 heavy (non-hydrogen) atoms. The van der Waals surface area contributed by atoms with E-state index in [2.05, 4.69) is 106 Å². The summed E-state index contributed by atoms with van der Waals surface area (Å²) in [5.74, 6) is 1.49. The Labute approximate surface area is 256 Å². The Morgan fingerprint density at radius 3 is 1.90 bits per heavy atom. The van der Waals surface area contributed by atoms with Crippen LogP contribution in [0.1, 0.15) is 59.4 Å². The maximum absolute atomic E-state index is 13.6. The highest BCUT2D eigenvalue weighted by atomic mass is 32.2. The summed E-state index contributed by atoms with van der Waals surface area (Å²) in [5.41, 5.74) is 1.25. The van der Waals surface area contributed by atoms with Crippen LogP contribution in [0.5, 0.6) is 0 Å². The van der Waals surface area contributed by atoms with Crippen LogP contribution in [0.15, 0.2) is 91.0 Å². The van der Waals surface area contributed by atoms with Crippen LogP contribution in [0.25, 0.3) is 0 Å². The van der Waals surface area contributed by atoms with E-state index in [4.69, 9.17) is 4.43 Å². The molecule has 3 aromatic rings.